The van der Waals surface area contributed by atoms with E-state index in [9.17, 15) is 9.59 Å². The fourth-order valence-electron chi connectivity index (χ4n) is 2.88. The molecule has 21 heavy (non-hydrogen) atoms. The lowest BCUT2D eigenvalue weighted by Gasteiger charge is -2.40. The number of nitrogens with zero attached hydrogens (tertiary/aromatic N) is 1. The zero-order valence-electron chi connectivity index (χ0n) is 12.3. The summed E-state index contributed by atoms with van der Waals surface area (Å²) < 4.78 is 0. The van der Waals surface area contributed by atoms with Gasteiger partial charge in [0.1, 0.15) is 0 Å². The topological polar surface area (TPSA) is 69.6 Å². The van der Waals surface area contributed by atoms with Gasteiger partial charge in [0.05, 0.1) is 6.42 Å². The molecule has 1 aromatic rings. The smallest absolute Gasteiger partial charge is 0.317 e. The highest BCUT2D eigenvalue weighted by Gasteiger charge is 2.34. The quantitative estimate of drug-likeness (QED) is 0.893. The molecule has 1 unspecified atom stereocenters. The monoisotopic (exact) mass is 290 g/mol. The number of carbonyl (C=O) groups excluding carboxylic acids is 1. The lowest BCUT2D eigenvalue weighted by molar-refractivity contribution is -0.136. The minimum absolute atomic E-state index is 0.0380. The van der Waals surface area contributed by atoms with E-state index in [-0.39, 0.29) is 24.4 Å². The molecule has 1 atom stereocenters. The van der Waals surface area contributed by atoms with Gasteiger partial charge in [-0.05, 0) is 18.4 Å². The molecule has 0 spiro atoms. The summed E-state index contributed by atoms with van der Waals surface area (Å²) in [7, 11) is 0. The zero-order valence-corrected chi connectivity index (χ0v) is 12.3. The first-order valence-electron chi connectivity index (χ1n) is 7.31. The van der Waals surface area contributed by atoms with E-state index in [4.69, 9.17) is 5.11 Å². The Bertz CT molecular complexity index is 504. The second kappa shape index (κ2) is 6.61. The van der Waals surface area contributed by atoms with Gasteiger partial charge in [0.2, 0.25) is 0 Å². The van der Waals surface area contributed by atoms with Gasteiger partial charge in [0.25, 0.3) is 0 Å². The Kier molecular flexibility index (Phi) is 4.83. The van der Waals surface area contributed by atoms with Gasteiger partial charge in [0.15, 0.2) is 0 Å². The minimum atomic E-state index is -0.900. The summed E-state index contributed by atoms with van der Waals surface area (Å²) >= 11 is 0. The van der Waals surface area contributed by atoms with Crippen molar-refractivity contribution in [3.8, 4) is 0 Å². The van der Waals surface area contributed by atoms with Crippen molar-refractivity contribution in [1.82, 2.24) is 10.2 Å². The van der Waals surface area contributed by atoms with Crippen LogP contribution in [0.3, 0.4) is 0 Å². The first kappa shape index (κ1) is 15.4. The molecule has 0 aromatic heterocycles. The summed E-state index contributed by atoms with van der Waals surface area (Å²) in [5, 5.41) is 11.3. The highest BCUT2D eigenvalue weighted by Crippen LogP contribution is 2.33. The number of nitrogens with one attached hydrogen (secondary N) is 1. The summed E-state index contributed by atoms with van der Waals surface area (Å²) in [5.74, 6) is -0.900. The molecule has 2 amide bonds. The molecule has 5 nitrogen and oxygen atoms in total. The summed E-state index contributed by atoms with van der Waals surface area (Å²) in [5.41, 5.74) is 1.21. The van der Waals surface area contributed by atoms with Crippen molar-refractivity contribution in [1.29, 1.82) is 0 Å². The number of carboxylic acid groups (broad SMARTS) is 1. The summed E-state index contributed by atoms with van der Waals surface area (Å²) in [6.45, 7) is 3.74. The van der Waals surface area contributed by atoms with Crippen LogP contribution in [0.1, 0.15) is 31.7 Å². The third-order valence-corrected chi connectivity index (χ3v) is 4.07. The van der Waals surface area contributed by atoms with Gasteiger partial charge >= 0.3 is 12.0 Å². The minimum Gasteiger partial charge on any atom is -0.481 e. The van der Waals surface area contributed by atoms with Crippen molar-refractivity contribution in [2.75, 3.05) is 19.6 Å². The molecule has 2 rings (SSSR count). The molecule has 114 valence electrons. The molecule has 1 aliphatic rings. The third-order valence-electron chi connectivity index (χ3n) is 4.07. The summed E-state index contributed by atoms with van der Waals surface area (Å²) in [6.07, 6.45) is 1.96. The van der Waals surface area contributed by atoms with E-state index in [0.717, 1.165) is 19.4 Å². The molecule has 2 N–H and O–H groups in total. The number of carboxylic acids is 1. The highest BCUT2D eigenvalue weighted by atomic mass is 16.4. The Morgan fingerprint density at radius 2 is 2.05 bits per heavy atom. The van der Waals surface area contributed by atoms with Gasteiger partial charge in [-0.1, -0.05) is 37.3 Å². The van der Waals surface area contributed by atoms with Crippen LogP contribution >= 0.6 is 0 Å². The number of aliphatic carboxylic acids is 1. The number of hydrogen-bond donors (Lipinski definition) is 2. The van der Waals surface area contributed by atoms with Crippen LogP contribution in [0.15, 0.2) is 30.3 Å². The standard InChI is InChI=1S/C16H22N2O3/c1-16(13-6-3-2-4-7-13)9-5-11-18(12-16)15(21)17-10-8-14(19)20/h2-4,6-7H,5,8-12H2,1H3,(H,17,21)(H,19,20). The number of hydrogen-bond acceptors (Lipinski definition) is 2. The average Bonchev–Trinajstić information content (AvgIpc) is 2.48. The van der Waals surface area contributed by atoms with E-state index >= 15 is 0 Å². The zero-order chi connectivity index (χ0) is 15.3. The predicted molar refractivity (Wildman–Crippen MR) is 80.3 cm³/mol. The number of benzene rings is 1. The Hall–Kier alpha value is -2.04. The molecule has 1 saturated heterocycles. The molecule has 1 aliphatic heterocycles. The van der Waals surface area contributed by atoms with Gasteiger partial charge in [-0.15, -0.1) is 0 Å². The molecule has 0 radical (unpaired) electrons. The summed E-state index contributed by atoms with van der Waals surface area (Å²) in [4.78, 5) is 24.4. The molecule has 0 bridgehead atoms. The van der Waals surface area contributed by atoms with E-state index in [1.165, 1.54) is 5.56 Å². The Balaban J connectivity index is 1.97. The first-order chi connectivity index (χ1) is 10.0. The second-order valence-corrected chi connectivity index (χ2v) is 5.83. The van der Waals surface area contributed by atoms with Gasteiger partial charge in [-0.3, -0.25) is 4.79 Å². The van der Waals surface area contributed by atoms with Crippen molar-refractivity contribution in [3.05, 3.63) is 35.9 Å². The van der Waals surface area contributed by atoms with E-state index in [2.05, 4.69) is 24.4 Å². The van der Waals surface area contributed by atoms with Crippen molar-refractivity contribution in [3.63, 3.8) is 0 Å². The van der Waals surface area contributed by atoms with Gasteiger partial charge in [0, 0.05) is 25.0 Å². The maximum atomic E-state index is 12.1. The molecule has 1 fully saturated rings. The van der Waals surface area contributed by atoms with Crippen LogP contribution < -0.4 is 5.32 Å². The maximum absolute atomic E-state index is 12.1. The van der Waals surface area contributed by atoms with E-state index in [0.29, 0.717) is 6.54 Å². The summed E-state index contributed by atoms with van der Waals surface area (Å²) in [6, 6.07) is 10.1. The van der Waals surface area contributed by atoms with Crippen LogP contribution in [-0.4, -0.2) is 41.6 Å². The van der Waals surface area contributed by atoms with E-state index in [1.54, 1.807) is 4.90 Å². The Morgan fingerprint density at radius 3 is 2.71 bits per heavy atom. The number of piperidine rings is 1. The molecule has 0 saturated carbocycles. The van der Waals surface area contributed by atoms with Crippen LogP contribution in [0.4, 0.5) is 4.79 Å². The van der Waals surface area contributed by atoms with Crippen molar-refractivity contribution in [2.24, 2.45) is 0 Å². The lowest BCUT2D eigenvalue weighted by Crippen LogP contribution is -2.50. The maximum Gasteiger partial charge on any atom is 0.317 e. The number of likely N-dealkylation sites (tertiary alicyclic amines) is 1. The SMILES string of the molecule is CC1(c2ccccc2)CCCN(C(=O)NCCC(=O)O)C1. The number of amides is 2. The van der Waals surface area contributed by atoms with Crippen LogP contribution in [0.5, 0.6) is 0 Å². The molecule has 5 heteroatoms. The number of rotatable bonds is 4. The normalized spacial score (nSPS) is 21.9. The molecule has 0 aliphatic carbocycles. The number of carbonyl (C=O) groups is 2. The fourth-order valence-corrected chi connectivity index (χ4v) is 2.88. The molecule has 1 aromatic carbocycles. The van der Waals surface area contributed by atoms with Crippen LogP contribution in [0.2, 0.25) is 0 Å². The van der Waals surface area contributed by atoms with Crippen molar-refractivity contribution in [2.45, 2.75) is 31.6 Å². The van der Waals surface area contributed by atoms with Crippen LogP contribution in [0.25, 0.3) is 0 Å². The second-order valence-electron chi connectivity index (χ2n) is 5.83. The van der Waals surface area contributed by atoms with Crippen LogP contribution in [-0.2, 0) is 10.2 Å². The van der Waals surface area contributed by atoms with E-state index in [1.807, 2.05) is 18.2 Å². The van der Waals surface area contributed by atoms with Crippen molar-refractivity contribution >= 4 is 12.0 Å². The largest absolute Gasteiger partial charge is 0.481 e. The Morgan fingerprint density at radius 1 is 1.33 bits per heavy atom. The molecular formula is C16H22N2O3. The van der Waals surface area contributed by atoms with Gasteiger partial charge in [-0.25, -0.2) is 4.79 Å². The highest BCUT2D eigenvalue weighted by molar-refractivity contribution is 5.75. The first-order valence-corrected chi connectivity index (χ1v) is 7.31. The van der Waals surface area contributed by atoms with Gasteiger partial charge in [-0.2, -0.15) is 0 Å². The third kappa shape index (κ3) is 3.97. The van der Waals surface area contributed by atoms with Crippen LogP contribution in [0, 0.1) is 0 Å². The molecule has 1 heterocycles. The fraction of sp³-hybridized carbons (Fsp3) is 0.500. The van der Waals surface area contributed by atoms with E-state index < -0.39 is 5.97 Å². The molecular weight excluding hydrogens is 268 g/mol. The number of urea groups is 1. The van der Waals surface area contributed by atoms with Gasteiger partial charge < -0.3 is 15.3 Å². The average molecular weight is 290 g/mol. The lowest BCUT2D eigenvalue weighted by atomic mass is 9.76. The van der Waals surface area contributed by atoms with Crippen molar-refractivity contribution < 1.29 is 14.7 Å². The predicted octanol–water partition coefficient (Wildman–Crippen LogP) is 2.22. The Labute approximate surface area is 125 Å².